The Morgan fingerprint density at radius 2 is 2.11 bits per heavy atom. The van der Waals surface area contributed by atoms with Crippen LogP contribution < -0.4 is 15.8 Å². The van der Waals surface area contributed by atoms with Gasteiger partial charge in [0.1, 0.15) is 5.75 Å². The van der Waals surface area contributed by atoms with Gasteiger partial charge in [0.05, 0.1) is 31.9 Å². The standard InChI is InChI=1S/C12H19N3O4/c1-19-11-3-2-8(4-10(11)12(13)15-18)5-14-9(6-16)7-17/h2-4,9,14,16-18H,5-7H2,1H3,(H2,13,15). The first-order chi connectivity index (χ1) is 9.15. The van der Waals surface area contributed by atoms with Crippen molar-refractivity contribution in [2.75, 3.05) is 20.3 Å². The monoisotopic (exact) mass is 269 g/mol. The number of hydrogen-bond acceptors (Lipinski definition) is 6. The van der Waals surface area contributed by atoms with Gasteiger partial charge in [-0.15, -0.1) is 0 Å². The van der Waals surface area contributed by atoms with Gasteiger partial charge in [-0.05, 0) is 17.7 Å². The molecule has 19 heavy (non-hydrogen) atoms. The van der Waals surface area contributed by atoms with Crippen LogP contribution in [0.2, 0.25) is 0 Å². The second kappa shape index (κ2) is 7.57. The lowest BCUT2D eigenvalue weighted by atomic mass is 10.1. The van der Waals surface area contributed by atoms with Gasteiger partial charge in [-0.3, -0.25) is 0 Å². The van der Waals surface area contributed by atoms with Gasteiger partial charge < -0.3 is 31.2 Å². The van der Waals surface area contributed by atoms with E-state index in [9.17, 15) is 0 Å². The summed E-state index contributed by atoms with van der Waals surface area (Å²) in [4.78, 5) is 0. The quantitative estimate of drug-likeness (QED) is 0.192. The summed E-state index contributed by atoms with van der Waals surface area (Å²) in [6.07, 6.45) is 0. The molecule has 0 amide bonds. The second-order valence-electron chi connectivity index (χ2n) is 3.96. The van der Waals surface area contributed by atoms with E-state index in [0.717, 1.165) is 5.56 Å². The fourth-order valence-corrected chi connectivity index (χ4v) is 1.57. The highest BCUT2D eigenvalue weighted by molar-refractivity contribution is 5.99. The Kier molecular flexibility index (Phi) is 6.07. The minimum absolute atomic E-state index is 0.0421. The van der Waals surface area contributed by atoms with Crippen molar-refractivity contribution in [2.45, 2.75) is 12.6 Å². The highest BCUT2D eigenvalue weighted by atomic mass is 16.5. The summed E-state index contributed by atoms with van der Waals surface area (Å²) in [6, 6.07) is 4.85. The number of aliphatic hydroxyl groups is 2. The number of amidine groups is 1. The number of hydrogen-bond donors (Lipinski definition) is 5. The van der Waals surface area contributed by atoms with Crippen molar-refractivity contribution in [3.05, 3.63) is 29.3 Å². The van der Waals surface area contributed by atoms with Crippen molar-refractivity contribution in [1.82, 2.24) is 5.32 Å². The normalized spacial score (nSPS) is 11.9. The lowest BCUT2D eigenvalue weighted by Gasteiger charge is -2.14. The summed E-state index contributed by atoms with van der Waals surface area (Å²) in [5, 5.41) is 32.5. The third-order valence-electron chi connectivity index (χ3n) is 2.68. The predicted octanol–water partition coefficient (Wildman–Crippen LogP) is -0.767. The molecule has 0 aliphatic carbocycles. The van der Waals surface area contributed by atoms with Crippen LogP contribution in [0.4, 0.5) is 0 Å². The fourth-order valence-electron chi connectivity index (χ4n) is 1.57. The lowest BCUT2D eigenvalue weighted by molar-refractivity contribution is 0.170. The molecule has 0 aromatic heterocycles. The summed E-state index contributed by atoms with van der Waals surface area (Å²) in [5.74, 6) is 0.458. The smallest absolute Gasteiger partial charge is 0.173 e. The highest BCUT2D eigenvalue weighted by Gasteiger charge is 2.10. The Bertz CT molecular complexity index is 433. The maximum atomic E-state index is 8.95. The molecule has 0 saturated heterocycles. The zero-order valence-corrected chi connectivity index (χ0v) is 10.7. The zero-order valence-electron chi connectivity index (χ0n) is 10.7. The van der Waals surface area contributed by atoms with Crippen LogP contribution in [0.3, 0.4) is 0 Å². The summed E-state index contributed by atoms with van der Waals surface area (Å²) in [5.41, 5.74) is 6.90. The third kappa shape index (κ3) is 4.09. The highest BCUT2D eigenvalue weighted by Crippen LogP contribution is 2.19. The van der Waals surface area contributed by atoms with Gasteiger partial charge in [-0.25, -0.2) is 0 Å². The van der Waals surface area contributed by atoms with Crippen LogP contribution in [0.1, 0.15) is 11.1 Å². The molecule has 0 fully saturated rings. The predicted molar refractivity (Wildman–Crippen MR) is 70.3 cm³/mol. The molecule has 1 aromatic carbocycles. The Balaban J connectivity index is 2.86. The van der Waals surface area contributed by atoms with E-state index in [1.165, 1.54) is 7.11 Å². The van der Waals surface area contributed by atoms with Crippen LogP contribution >= 0.6 is 0 Å². The molecule has 0 heterocycles. The molecule has 7 nitrogen and oxygen atoms in total. The molecule has 0 aliphatic heterocycles. The zero-order chi connectivity index (χ0) is 14.3. The van der Waals surface area contributed by atoms with Crippen molar-refractivity contribution in [3.63, 3.8) is 0 Å². The maximum Gasteiger partial charge on any atom is 0.173 e. The van der Waals surface area contributed by atoms with Crippen molar-refractivity contribution >= 4 is 5.84 Å². The molecule has 0 radical (unpaired) electrons. The average Bonchev–Trinajstić information content (AvgIpc) is 2.47. The van der Waals surface area contributed by atoms with E-state index in [1.54, 1.807) is 12.1 Å². The SMILES string of the molecule is COc1ccc(CNC(CO)CO)cc1C(N)=NO. The van der Waals surface area contributed by atoms with E-state index >= 15 is 0 Å². The molecule has 0 aliphatic rings. The number of methoxy groups -OCH3 is 1. The number of nitrogens with zero attached hydrogens (tertiary/aromatic N) is 1. The van der Waals surface area contributed by atoms with Crippen LogP contribution in [-0.4, -0.2) is 47.6 Å². The Morgan fingerprint density at radius 3 is 2.63 bits per heavy atom. The molecule has 0 bridgehead atoms. The largest absolute Gasteiger partial charge is 0.496 e. The number of nitrogens with one attached hydrogen (secondary N) is 1. The first kappa shape index (κ1) is 15.2. The summed E-state index contributed by atoms with van der Waals surface area (Å²) in [6.45, 7) is 0.126. The van der Waals surface area contributed by atoms with Gasteiger partial charge >= 0.3 is 0 Å². The van der Waals surface area contributed by atoms with Crippen LogP contribution in [0, 0.1) is 0 Å². The molecule has 7 heteroatoms. The van der Waals surface area contributed by atoms with Gasteiger partial charge in [0, 0.05) is 6.54 Å². The van der Waals surface area contributed by atoms with Crippen molar-refractivity contribution in [3.8, 4) is 5.75 Å². The van der Waals surface area contributed by atoms with Crippen LogP contribution in [-0.2, 0) is 6.54 Å². The number of aliphatic hydroxyl groups excluding tert-OH is 2. The van der Waals surface area contributed by atoms with Gasteiger partial charge in [-0.2, -0.15) is 0 Å². The third-order valence-corrected chi connectivity index (χ3v) is 2.68. The number of rotatable bonds is 7. The van der Waals surface area contributed by atoms with Gasteiger partial charge in [0.15, 0.2) is 5.84 Å². The second-order valence-corrected chi connectivity index (χ2v) is 3.96. The molecular weight excluding hydrogens is 250 g/mol. The van der Waals surface area contributed by atoms with Crippen LogP contribution in [0.25, 0.3) is 0 Å². The molecule has 0 spiro atoms. The Hall–Kier alpha value is -1.83. The lowest BCUT2D eigenvalue weighted by Crippen LogP contribution is -2.35. The molecule has 1 rings (SSSR count). The van der Waals surface area contributed by atoms with E-state index in [0.29, 0.717) is 17.9 Å². The average molecular weight is 269 g/mol. The molecule has 1 aromatic rings. The van der Waals surface area contributed by atoms with Crippen molar-refractivity contribution in [1.29, 1.82) is 0 Å². The first-order valence-corrected chi connectivity index (χ1v) is 5.76. The minimum atomic E-state index is -0.380. The number of nitrogens with two attached hydrogens (primary N) is 1. The van der Waals surface area contributed by atoms with Crippen molar-refractivity contribution < 1.29 is 20.2 Å². The van der Waals surface area contributed by atoms with E-state index in [2.05, 4.69) is 10.5 Å². The van der Waals surface area contributed by atoms with Crippen LogP contribution in [0.15, 0.2) is 23.4 Å². The fraction of sp³-hybridized carbons (Fsp3) is 0.417. The van der Waals surface area contributed by atoms with E-state index in [-0.39, 0.29) is 25.1 Å². The van der Waals surface area contributed by atoms with Gasteiger partial charge in [-0.1, -0.05) is 11.2 Å². The first-order valence-electron chi connectivity index (χ1n) is 5.76. The molecule has 106 valence electrons. The molecular formula is C12H19N3O4. The van der Waals surface area contributed by atoms with E-state index < -0.39 is 0 Å². The summed E-state index contributed by atoms with van der Waals surface area (Å²) < 4.78 is 5.12. The molecule has 0 saturated carbocycles. The summed E-state index contributed by atoms with van der Waals surface area (Å²) in [7, 11) is 1.50. The van der Waals surface area contributed by atoms with E-state index in [1.807, 2.05) is 6.07 Å². The molecule has 6 N–H and O–H groups in total. The number of oxime groups is 1. The Labute approximate surface area is 111 Å². The number of benzene rings is 1. The molecule has 0 unspecified atom stereocenters. The summed E-state index contributed by atoms with van der Waals surface area (Å²) >= 11 is 0. The van der Waals surface area contributed by atoms with Crippen molar-refractivity contribution in [2.24, 2.45) is 10.9 Å². The number of ether oxygens (including phenoxy) is 1. The van der Waals surface area contributed by atoms with Crippen LogP contribution in [0.5, 0.6) is 5.75 Å². The van der Waals surface area contributed by atoms with E-state index in [4.69, 9.17) is 25.9 Å². The molecule has 0 atom stereocenters. The Morgan fingerprint density at radius 1 is 1.42 bits per heavy atom. The van der Waals surface area contributed by atoms with Gasteiger partial charge in [0.2, 0.25) is 0 Å². The maximum absolute atomic E-state index is 8.95. The van der Waals surface area contributed by atoms with Gasteiger partial charge in [0.25, 0.3) is 0 Å². The topological polar surface area (TPSA) is 120 Å². The minimum Gasteiger partial charge on any atom is -0.496 e.